The molecule has 0 atom stereocenters. The van der Waals surface area contributed by atoms with Crippen LogP contribution >= 0.6 is 34.8 Å². The van der Waals surface area contributed by atoms with Gasteiger partial charge in [0.25, 0.3) is 0 Å². The van der Waals surface area contributed by atoms with Crippen molar-refractivity contribution in [3.63, 3.8) is 0 Å². The molecule has 0 unspecified atom stereocenters. The van der Waals surface area contributed by atoms with Crippen molar-refractivity contribution in [2.45, 2.75) is 0 Å². The Bertz CT molecular complexity index is 554. The van der Waals surface area contributed by atoms with Crippen LogP contribution in [0.25, 0.3) is 0 Å². The molecular weight excluding hydrogens is 296 g/mol. The lowest BCUT2D eigenvalue weighted by atomic mass is 10.3. The molecule has 0 spiro atoms. The maximum absolute atomic E-state index is 6.00. The molecular formula is C11H8Cl3N3O. The summed E-state index contributed by atoms with van der Waals surface area (Å²) in [6, 6.07) is 3.08. The highest BCUT2D eigenvalue weighted by atomic mass is 35.5. The maximum atomic E-state index is 6.00. The highest BCUT2D eigenvalue weighted by Gasteiger charge is 2.11. The van der Waals surface area contributed by atoms with Crippen molar-refractivity contribution >= 4 is 40.6 Å². The van der Waals surface area contributed by atoms with E-state index in [0.29, 0.717) is 26.6 Å². The minimum Gasteiger partial charge on any atom is -0.434 e. The normalized spacial score (nSPS) is 10.2. The van der Waals surface area contributed by atoms with Crippen molar-refractivity contribution in [1.82, 2.24) is 9.97 Å². The summed E-state index contributed by atoms with van der Waals surface area (Å²) in [4.78, 5) is 8.11. The molecule has 0 amide bonds. The Morgan fingerprint density at radius 1 is 1.11 bits per heavy atom. The first kappa shape index (κ1) is 13.2. The van der Waals surface area contributed by atoms with Crippen molar-refractivity contribution < 1.29 is 4.74 Å². The summed E-state index contributed by atoms with van der Waals surface area (Å²) in [6.07, 6.45) is 3.03. The quantitative estimate of drug-likeness (QED) is 0.920. The largest absolute Gasteiger partial charge is 0.434 e. The van der Waals surface area contributed by atoms with Crippen molar-refractivity contribution in [2.75, 3.05) is 12.4 Å². The minimum absolute atomic E-state index is 0.285. The van der Waals surface area contributed by atoms with Crippen LogP contribution in [-0.2, 0) is 0 Å². The molecule has 0 saturated carbocycles. The number of nitrogens with one attached hydrogen (secondary N) is 1. The second-order valence-corrected chi connectivity index (χ2v) is 4.54. The summed E-state index contributed by atoms with van der Waals surface area (Å²) in [6.45, 7) is 0. The van der Waals surface area contributed by atoms with Gasteiger partial charge in [-0.25, -0.2) is 0 Å². The lowest BCUT2D eigenvalue weighted by Crippen LogP contribution is -1.96. The topological polar surface area (TPSA) is 47.0 Å². The van der Waals surface area contributed by atoms with Gasteiger partial charge >= 0.3 is 0 Å². The molecule has 0 bridgehead atoms. The fourth-order valence-corrected chi connectivity index (χ4v) is 2.14. The van der Waals surface area contributed by atoms with Gasteiger partial charge in [0.2, 0.25) is 5.88 Å². The van der Waals surface area contributed by atoms with E-state index in [2.05, 4.69) is 15.3 Å². The van der Waals surface area contributed by atoms with Gasteiger partial charge in [-0.2, -0.15) is 4.98 Å². The average Bonchev–Trinajstić information content (AvgIpc) is 2.34. The zero-order valence-corrected chi connectivity index (χ0v) is 11.5. The molecule has 94 valence electrons. The predicted molar refractivity (Wildman–Crippen MR) is 73.1 cm³/mol. The Labute approximate surface area is 119 Å². The van der Waals surface area contributed by atoms with Crippen molar-refractivity contribution in [2.24, 2.45) is 0 Å². The fraction of sp³-hybridized carbons (Fsp3) is 0.0909. The van der Waals surface area contributed by atoms with Crippen molar-refractivity contribution in [3.05, 3.63) is 39.6 Å². The van der Waals surface area contributed by atoms with E-state index in [0.717, 1.165) is 0 Å². The molecule has 7 heteroatoms. The number of halogens is 3. The third-order valence-electron chi connectivity index (χ3n) is 2.04. The van der Waals surface area contributed by atoms with E-state index >= 15 is 0 Å². The van der Waals surface area contributed by atoms with E-state index in [9.17, 15) is 0 Å². The molecule has 1 N–H and O–H groups in total. The molecule has 1 aromatic heterocycles. The van der Waals surface area contributed by atoms with Crippen LogP contribution in [0.1, 0.15) is 0 Å². The highest BCUT2D eigenvalue weighted by molar-refractivity contribution is 6.40. The molecule has 2 aromatic rings. The molecule has 0 aliphatic carbocycles. The molecule has 1 aromatic carbocycles. The maximum Gasteiger partial charge on any atom is 0.239 e. The summed E-state index contributed by atoms with van der Waals surface area (Å²) in [5.41, 5.74) is 0. The van der Waals surface area contributed by atoms with Gasteiger partial charge < -0.3 is 10.1 Å². The van der Waals surface area contributed by atoms with E-state index < -0.39 is 0 Å². The monoisotopic (exact) mass is 303 g/mol. The minimum atomic E-state index is 0.285. The molecule has 4 nitrogen and oxygen atoms in total. The van der Waals surface area contributed by atoms with Crippen LogP contribution in [0, 0.1) is 0 Å². The van der Waals surface area contributed by atoms with E-state index in [1.54, 1.807) is 25.4 Å². The Morgan fingerprint density at radius 3 is 2.39 bits per heavy atom. The molecule has 0 saturated heterocycles. The SMILES string of the molecule is CNc1cncc(Oc2c(Cl)cc(Cl)cc2Cl)n1. The zero-order chi connectivity index (χ0) is 13.1. The van der Waals surface area contributed by atoms with Crippen LogP contribution in [0.2, 0.25) is 15.1 Å². The number of ether oxygens (including phenoxy) is 1. The first-order chi connectivity index (χ1) is 8.60. The summed E-state index contributed by atoms with van der Waals surface area (Å²) < 4.78 is 5.50. The van der Waals surface area contributed by atoms with Gasteiger partial charge in [0, 0.05) is 12.1 Å². The van der Waals surface area contributed by atoms with Crippen molar-refractivity contribution in [1.29, 1.82) is 0 Å². The average molecular weight is 305 g/mol. The van der Waals surface area contributed by atoms with Gasteiger partial charge in [-0.15, -0.1) is 0 Å². The Kier molecular flexibility index (Phi) is 4.11. The third kappa shape index (κ3) is 2.96. The molecule has 0 fully saturated rings. The van der Waals surface area contributed by atoms with Crippen LogP contribution in [0.4, 0.5) is 5.82 Å². The second-order valence-electron chi connectivity index (χ2n) is 3.29. The first-order valence-corrected chi connectivity index (χ1v) is 6.05. The van der Waals surface area contributed by atoms with E-state index in [1.165, 1.54) is 6.20 Å². The number of hydrogen-bond donors (Lipinski definition) is 1. The molecule has 1 heterocycles. The van der Waals surface area contributed by atoms with Gasteiger partial charge in [-0.05, 0) is 12.1 Å². The number of hydrogen-bond acceptors (Lipinski definition) is 4. The Morgan fingerprint density at radius 2 is 1.78 bits per heavy atom. The molecule has 0 aliphatic heterocycles. The third-order valence-corrected chi connectivity index (χ3v) is 2.82. The second kappa shape index (κ2) is 5.61. The fourth-order valence-electron chi connectivity index (χ4n) is 1.25. The van der Waals surface area contributed by atoms with Gasteiger partial charge in [0.1, 0.15) is 5.82 Å². The Hall–Kier alpha value is -1.23. The summed E-state index contributed by atoms with van der Waals surface area (Å²) in [5.74, 6) is 1.16. The van der Waals surface area contributed by atoms with Crippen LogP contribution in [0.3, 0.4) is 0 Å². The number of benzene rings is 1. The molecule has 18 heavy (non-hydrogen) atoms. The zero-order valence-electron chi connectivity index (χ0n) is 9.25. The predicted octanol–water partition coefficient (Wildman–Crippen LogP) is 4.27. The Balaban J connectivity index is 2.33. The smallest absolute Gasteiger partial charge is 0.239 e. The van der Waals surface area contributed by atoms with Gasteiger partial charge in [-0.3, -0.25) is 4.98 Å². The van der Waals surface area contributed by atoms with E-state index in [-0.39, 0.29) is 5.88 Å². The summed E-state index contributed by atoms with van der Waals surface area (Å²) in [7, 11) is 1.73. The van der Waals surface area contributed by atoms with Crippen molar-refractivity contribution in [3.8, 4) is 11.6 Å². The summed E-state index contributed by atoms with van der Waals surface area (Å²) in [5, 5.41) is 3.91. The summed E-state index contributed by atoms with van der Waals surface area (Å²) >= 11 is 17.8. The molecule has 2 rings (SSSR count). The number of nitrogens with zero attached hydrogens (tertiary/aromatic N) is 2. The van der Waals surface area contributed by atoms with Crippen LogP contribution in [0.5, 0.6) is 11.6 Å². The number of anilines is 1. The van der Waals surface area contributed by atoms with Gasteiger partial charge in [0.15, 0.2) is 5.75 Å². The number of rotatable bonds is 3. The molecule has 0 radical (unpaired) electrons. The lowest BCUT2D eigenvalue weighted by molar-refractivity contribution is 0.461. The van der Waals surface area contributed by atoms with Gasteiger partial charge in [-0.1, -0.05) is 34.8 Å². The van der Waals surface area contributed by atoms with Crippen LogP contribution in [0.15, 0.2) is 24.5 Å². The van der Waals surface area contributed by atoms with E-state index in [4.69, 9.17) is 39.5 Å². The van der Waals surface area contributed by atoms with Crippen LogP contribution < -0.4 is 10.1 Å². The molecule has 0 aliphatic rings. The number of aromatic nitrogens is 2. The van der Waals surface area contributed by atoms with E-state index in [1.807, 2.05) is 0 Å². The standard InChI is InChI=1S/C11H8Cl3N3O/c1-15-9-4-16-5-10(17-9)18-11-7(13)2-6(12)3-8(11)14/h2-5H,1H3,(H,15,17). The lowest BCUT2D eigenvalue weighted by Gasteiger charge is -2.09. The van der Waals surface area contributed by atoms with Gasteiger partial charge in [0.05, 0.1) is 22.4 Å². The highest BCUT2D eigenvalue weighted by Crippen LogP contribution is 2.38. The van der Waals surface area contributed by atoms with Crippen LogP contribution in [-0.4, -0.2) is 17.0 Å². The first-order valence-electron chi connectivity index (χ1n) is 4.92.